The van der Waals surface area contributed by atoms with Gasteiger partial charge in [-0.1, -0.05) is 38.1 Å². The molecule has 162 valence electrons. The van der Waals surface area contributed by atoms with Crippen LogP contribution in [0.15, 0.2) is 24.3 Å². The zero-order chi connectivity index (χ0) is 21.7. The van der Waals surface area contributed by atoms with Gasteiger partial charge in [-0.15, -0.1) is 11.3 Å². The minimum absolute atomic E-state index is 0.207. The summed E-state index contributed by atoms with van der Waals surface area (Å²) in [4.78, 5) is 15.3. The van der Waals surface area contributed by atoms with Gasteiger partial charge in [0, 0.05) is 11.3 Å². The minimum atomic E-state index is -3.36. The van der Waals surface area contributed by atoms with Crippen LogP contribution in [0.4, 0.5) is 0 Å². The quantitative estimate of drug-likeness (QED) is 0.306. The molecule has 1 heterocycles. The van der Waals surface area contributed by atoms with Crippen molar-refractivity contribution < 1.29 is 17.4 Å². The van der Waals surface area contributed by atoms with E-state index >= 15 is 0 Å². The molecule has 1 aromatic carbocycles. The molecule has 2 aromatic rings. The fraction of sp³-hybridized carbons (Fsp3) is 0.542. The summed E-state index contributed by atoms with van der Waals surface area (Å²) >= 11 is 1.70. The first-order chi connectivity index (χ1) is 14.1. The maximum atomic E-state index is 12.9. The molecule has 0 N–H and O–H groups in total. The maximum absolute atomic E-state index is 12.9. The molecule has 2 aliphatic carbocycles. The molecule has 4 rings (SSSR count). The van der Waals surface area contributed by atoms with Crippen molar-refractivity contribution in [2.45, 2.75) is 58.8 Å². The van der Waals surface area contributed by atoms with Crippen molar-refractivity contribution in [1.82, 2.24) is 0 Å². The zero-order valence-corrected chi connectivity index (χ0v) is 19.8. The number of hydrogen-bond acceptors (Lipinski definition) is 5. The smallest absolute Gasteiger partial charge is 0.264 e. The second-order valence-electron chi connectivity index (χ2n) is 9.36. The number of thiophene rings is 1. The molecule has 2 aliphatic rings. The van der Waals surface area contributed by atoms with Crippen LogP contribution >= 0.6 is 11.3 Å². The first-order valence-electron chi connectivity index (χ1n) is 10.7. The Morgan fingerprint density at radius 3 is 2.43 bits per heavy atom. The summed E-state index contributed by atoms with van der Waals surface area (Å²) < 4.78 is 26.7. The van der Waals surface area contributed by atoms with E-state index in [-0.39, 0.29) is 12.4 Å². The van der Waals surface area contributed by atoms with Gasteiger partial charge in [-0.05, 0) is 72.1 Å². The molecule has 0 unspecified atom stereocenters. The molecule has 1 aromatic heterocycles. The third-order valence-electron chi connectivity index (χ3n) is 6.84. The Kier molecular flexibility index (Phi) is 5.71. The van der Waals surface area contributed by atoms with Gasteiger partial charge in [0.1, 0.15) is 0 Å². The monoisotopic (exact) mass is 446 g/mol. The molecule has 0 radical (unpaired) electrons. The third kappa shape index (κ3) is 4.27. The van der Waals surface area contributed by atoms with E-state index in [1.807, 2.05) is 0 Å². The summed E-state index contributed by atoms with van der Waals surface area (Å²) in [7, 11) is -3.36. The van der Waals surface area contributed by atoms with Crippen LogP contribution in [0, 0.1) is 18.3 Å². The molecule has 1 fully saturated rings. The largest absolute Gasteiger partial charge is 0.293 e. The Labute approximate surface area is 183 Å². The standard InChI is InChI=1S/C24H30O4S2/c1-15-21-18(14-19-22(21)24(19,2)3)23(29-15)20(25)12-11-17-9-7-16(8-10-17)6-5-13-28-30(4,26)27/h7-10,19,22H,5-6,11-14H2,1-4H3/t19-,22-/m1/s1. The summed E-state index contributed by atoms with van der Waals surface area (Å²) in [5, 5.41) is 0. The SMILES string of the molecule is Cc1sc(C(=O)CCc2ccc(CCCOS(C)(=O)=O)cc2)c2c1[C@H]1[C@@H](C2)C1(C)C. The predicted molar refractivity (Wildman–Crippen MR) is 121 cm³/mol. The number of rotatable bonds is 9. The number of benzene rings is 1. The van der Waals surface area contributed by atoms with E-state index in [4.69, 9.17) is 4.18 Å². The van der Waals surface area contributed by atoms with Gasteiger partial charge in [0.15, 0.2) is 5.78 Å². The third-order valence-corrected chi connectivity index (χ3v) is 8.64. The van der Waals surface area contributed by atoms with Gasteiger partial charge in [-0.25, -0.2) is 0 Å². The molecule has 0 aliphatic heterocycles. The van der Waals surface area contributed by atoms with Crippen LogP contribution in [0.1, 0.15) is 69.4 Å². The van der Waals surface area contributed by atoms with Crippen LogP contribution in [-0.2, 0) is 33.6 Å². The van der Waals surface area contributed by atoms with Crippen molar-refractivity contribution >= 4 is 27.2 Å². The number of carbonyl (C=O) groups excluding carboxylic acids is 1. The summed E-state index contributed by atoms with van der Waals surface area (Å²) in [5.74, 6) is 1.68. The minimum Gasteiger partial charge on any atom is -0.293 e. The lowest BCUT2D eigenvalue weighted by Gasteiger charge is -2.10. The molecule has 6 heteroatoms. The highest BCUT2D eigenvalue weighted by molar-refractivity contribution is 7.85. The average molecular weight is 447 g/mol. The predicted octanol–water partition coefficient (Wildman–Crippen LogP) is 5.08. The van der Waals surface area contributed by atoms with E-state index in [9.17, 15) is 13.2 Å². The Hall–Kier alpha value is -1.50. The van der Waals surface area contributed by atoms with Gasteiger partial charge >= 0.3 is 0 Å². The first-order valence-corrected chi connectivity index (χ1v) is 13.3. The topological polar surface area (TPSA) is 60.4 Å². The van der Waals surface area contributed by atoms with Crippen molar-refractivity contribution in [2.75, 3.05) is 12.9 Å². The van der Waals surface area contributed by atoms with Crippen LogP contribution in [0.5, 0.6) is 0 Å². The Bertz CT molecular complexity index is 1060. The summed E-state index contributed by atoms with van der Waals surface area (Å²) in [6, 6.07) is 8.26. The lowest BCUT2D eigenvalue weighted by atomic mass is 9.94. The highest BCUT2D eigenvalue weighted by Crippen LogP contribution is 2.71. The molecular formula is C24H30O4S2. The Morgan fingerprint density at radius 1 is 1.17 bits per heavy atom. The van der Waals surface area contributed by atoms with Crippen molar-refractivity contribution in [3.05, 3.63) is 56.3 Å². The molecular weight excluding hydrogens is 416 g/mol. The molecule has 1 saturated carbocycles. The number of aryl methyl sites for hydroxylation is 3. The molecule has 4 nitrogen and oxygen atoms in total. The van der Waals surface area contributed by atoms with Gasteiger partial charge in [-0.2, -0.15) is 8.42 Å². The second kappa shape index (κ2) is 7.88. The van der Waals surface area contributed by atoms with Crippen LogP contribution < -0.4 is 0 Å². The van der Waals surface area contributed by atoms with Crippen LogP contribution in [-0.4, -0.2) is 27.1 Å². The highest BCUT2D eigenvalue weighted by Gasteiger charge is 2.63. The van der Waals surface area contributed by atoms with E-state index in [1.165, 1.54) is 16.0 Å². The van der Waals surface area contributed by atoms with Gasteiger partial charge in [-0.3, -0.25) is 8.98 Å². The number of Topliss-reactive ketones (excluding diaryl/α,β-unsaturated/α-hetero) is 1. The Morgan fingerprint density at radius 2 is 1.80 bits per heavy atom. The number of carbonyl (C=O) groups is 1. The van der Waals surface area contributed by atoms with E-state index in [0.717, 1.165) is 47.4 Å². The van der Waals surface area contributed by atoms with Crippen LogP contribution in [0.3, 0.4) is 0 Å². The normalized spacial score (nSPS) is 21.3. The lowest BCUT2D eigenvalue weighted by molar-refractivity contribution is 0.0985. The number of ketones is 1. The number of hydrogen-bond donors (Lipinski definition) is 0. The van der Waals surface area contributed by atoms with Crippen molar-refractivity contribution in [1.29, 1.82) is 0 Å². The average Bonchev–Trinajstić information content (AvgIpc) is 3.01. The van der Waals surface area contributed by atoms with Crippen LogP contribution in [0.2, 0.25) is 0 Å². The zero-order valence-electron chi connectivity index (χ0n) is 18.2. The molecule has 0 bridgehead atoms. The fourth-order valence-corrected chi connectivity index (χ4v) is 6.71. The van der Waals surface area contributed by atoms with Crippen molar-refractivity contribution in [3.8, 4) is 0 Å². The second-order valence-corrected chi connectivity index (χ2v) is 12.2. The summed E-state index contributed by atoms with van der Waals surface area (Å²) in [6.45, 7) is 7.09. The van der Waals surface area contributed by atoms with E-state index < -0.39 is 10.1 Å². The molecule has 0 spiro atoms. The number of fused-ring (bicyclic) bond motifs is 3. The van der Waals surface area contributed by atoms with E-state index in [1.54, 1.807) is 11.3 Å². The van der Waals surface area contributed by atoms with Crippen molar-refractivity contribution in [2.24, 2.45) is 11.3 Å². The Balaban J connectivity index is 1.30. The molecule has 2 atom stereocenters. The first kappa shape index (κ1) is 21.7. The van der Waals surface area contributed by atoms with Gasteiger partial charge < -0.3 is 0 Å². The lowest BCUT2D eigenvalue weighted by Crippen LogP contribution is -2.05. The maximum Gasteiger partial charge on any atom is 0.264 e. The van der Waals surface area contributed by atoms with Gasteiger partial charge in [0.05, 0.1) is 17.7 Å². The van der Waals surface area contributed by atoms with Crippen LogP contribution in [0.25, 0.3) is 0 Å². The summed E-state index contributed by atoms with van der Waals surface area (Å²) in [6.07, 6.45) is 4.88. The summed E-state index contributed by atoms with van der Waals surface area (Å²) in [5.41, 5.74) is 5.56. The van der Waals surface area contributed by atoms with E-state index in [0.29, 0.717) is 24.2 Å². The molecule has 0 saturated heterocycles. The molecule has 0 amide bonds. The highest BCUT2D eigenvalue weighted by atomic mass is 32.2. The van der Waals surface area contributed by atoms with Crippen molar-refractivity contribution in [3.63, 3.8) is 0 Å². The van der Waals surface area contributed by atoms with E-state index in [2.05, 4.69) is 45.0 Å². The van der Waals surface area contributed by atoms with Gasteiger partial charge in [0.2, 0.25) is 0 Å². The fourth-order valence-electron chi connectivity index (χ4n) is 5.09. The van der Waals surface area contributed by atoms with Gasteiger partial charge in [0.25, 0.3) is 10.1 Å². The molecule has 30 heavy (non-hydrogen) atoms.